The first-order chi connectivity index (χ1) is 22.8. The summed E-state index contributed by atoms with van der Waals surface area (Å²) in [5.74, 6) is -2.17. The van der Waals surface area contributed by atoms with Crippen LogP contribution in [-0.4, -0.2) is 58.2 Å². The highest BCUT2D eigenvalue weighted by molar-refractivity contribution is 6.06. The highest BCUT2D eigenvalue weighted by atomic mass is 16.5. The number of likely N-dealkylation sites (tertiary alicyclic amines) is 1. The Balaban J connectivity index is 1.28. The van der Waals surface area contributed by atoms with Crippen molar-refractivity contribution in [2.24, 2.45) is 11.8 Å². The van der Waals surface area contributed by atoms with Crippen LogP contribution in [0.2, 0.25) is 0 Å². The Kier molecular flexibility index (Phi) is 7.98. The molecule has 7 rings (SSSR count). The Morgan fingerprint density at radius 1 is 0.894 bits per heavy atom. The van der Waals surface area contributed by atoms with Gasteiger partial charge >= 0.3 is 0 Å². The third kappa shape index (κ3) is 5.05. The molecule has 2 bridgehead atoms. The van der Waals surface area contributed by atoms with Gasteiger partial charge in [0.1, 0.15) is 17.4 Å². The molecule has 3 aliphatic rings. The van der Waals surface area contributed by atoms with Gasteiger partial charge in [0.25, 0.3) is 0 Å². The minimum absolute atomic E-state index is 0.327. The van der Waals surface area contributed by atoms with E-state index in [1.54, 1.807) is 24.3 Å². The number of hydrogen-bond acceptors (Lipinski definition) is 6. The summed E-state index contributed by atoms with van der Waals surface area (Å²) in [7, 11) is 0. The molecule has 0 aliphatic carbocycles. The number of amides is 3. The lowest BCUT2D eigenvalue weighted by Crippen LogP contribution is -2.54. The van der Waals surface area contributed by atoms with Gasteiger partial charge < -0.3 is 30.1 Å². The molecule has 3 aliphatic heterocycles. The summed E-state index contributed by atoms with van der Waals surface area (Å²) in [6, 6.07) is 28.0. The molecule has 3 amide bonds. The number of aliphatic hydroxyl groups excluding tert-OH is 1. The lowest BCUT2D eigenvalue weighted by Gasteiger charge is -2.37. The van der Waals surface area contributed by atoms with Crippen molar-refractivity contribution in [2.75, 3.05) is 23.8 Å². The van der Waals surface area contributed by atoms with Gasteiger partial charge in [0.2, 0.25) is 17.7 Å². The minimum Gasteiger partial charge on any atom is -0.494 e. The Morgan fingerprint density at radius 2 is 1.57 bits per heavy atom. The molecule has 0 aromatic heterocycles. The lowest BCUT2D eigenvalue weighted by molar-refractivity contribution is -0.148. The van der Waals surface area contributed by atoms with Gasteiger partial charge in [-0.2, -0.15) is 0 Å². The summed E-state index contributed by atoms with van der Waals surface area (Å²) in [5.41, 5.74) is -0.309. The van der Waals surface area contributed by atoms with E-state index < -0.39 is 47.6 Å². The zero-order valence-corrected chi connectivity index (χ0v) is 26.5. The van der Waals surface area contributed by atoms with Gasteiger partial charge in [-0.05, 0) is 78.9 Å². The van der Waals surface area contributed by atoms with Crippen LogP contribution in [0.5, 0.6) is 5.75 Å². The van der Waals surface area contributed by atoms with Crippen LogP contribution >= 0.6 is 0 Å². The van der Waals surface area contributed by atoms with Crippen LogP contribution in [0.4, 0.5) is 11.4 Å². The number of hydrogen-bond donors (Lipinski definition) is 3. The van der Waals surface area contributed by atoms with Gasteiger partial charge in [-0.25, -0.2) is 0 Å². The van der Waals surface area contributed by atoms with E-state index in [0.717, 1.165) is 10.8 Å². The summed E-state index contributed by atoms with van der Waals surface area (Å²) in [5, 5.41) is 18.9. The van der Waals surface area contributed by atoms with Crippen molar-refractivity contribution in [1.29, 1.82) is 0 Å². The smallest absolute Gasteiger partial charge is 0.250 e. The molecule has 3 N–H and O–H groups in total. The van der Waals surface area contributed by atoms with Gasteiger partial charge in [0.15, 0.2) is 0 Å². The van der Waals surface area contributed by atoms with Gasteiger partial charge in [0, 0.05) is 11.4 Å². The number of carbonyl (C=O) groups excluding carboxylic acids is 3. The molecule has 9 heteroatoms. The second kappa shape index (κ2) is 12.1. The Hall–Kier alpha value is -4.73. The van der Waals surface area contributed by atoms with Gasteiger partial charge in [-0.1, -0.05) is 67.6 Å². The molecular formula is C38H39N3O6. The normalized spacial score (nSPS) is 26.7. The number of aliphatic hydroxyl groups is 1. The average Bonchev–Trinajstić information content (AvgIpc) is 3.70. The molecule has 4 aromatic carbocycles. The van der Waals surface area contributed by atoms with Crippen molar-refractivity contribution in [3.63, 3.8) is 0 Å². The van der Waals surface area contributed by atoms with Crippen LogP contribution in [0.15, 0.2) is 97.1 Å². The molecule has 2 unspecified atom stereocenters. The molecule has 242 valence electrons. The number of ether oxygens (including phenoxy) is 2. The fourth-order valence-electron chi connectivity index (χ4n) is 8.22. The number of carbonyl (C=O) groups is 3. The maximum Gasteiger partial charge on any atom is 0.250 e. The third-order valence-corrected chi connectivity index (χ3v) is 10.3. The van der Waals surface area contributed by atoms with Crippen LogP contribution in [-0.2, 0) is 19.1 Å². The van der Waals surface area contributed by atoms with E-state index in [-0.39, 0.29) is 11.8 Å². The number of nitrogens with zero attached hydrogens (tertiary/aromatic N) is 1. The van der Waals surface area contributed by atoms with Crippen molar-refractivity contribution in [3.05, 3.63) is 103 Å². The molecular weight excluding hydrogens is 594 g/mol. The molecule has 47 heavy (non-hydrogen) atoms. The predicted octanol–water partition coefficient (Wildman–Crippen LogP) is 5.70. The van der Waals surface area contributed by atoms with Crippen LogP contribution < -0.4 is 15.4 Å². The number of benzene rings is 4. The Morgan fingerprint density at radius 3 is 2.28 bits per heavy atom. The SMILES string of the molecule is CCOc1ccc(NC(=O)[C@H]2[C@H]3C(=O)N([C@H](CO)c4ccccc4)C(C(=O)Nc4ccc5ccccc5c4)C34CC[C@]2(CC)O4)cc1. The third-order valence-electron chi connectivity index (χ3n) is 10.3. The van der Waals surface area contributed by atoms with Crippen LogP contribution in [0.3, 0.4) is 0 Å². The topological polar surface area (TPSA) is 117 Å². The molecule has 4 aromatic rings. The van der Waals surface area contributed by atoms with E-state index in [1.165, 1.54) is 4.90 Å². The van der Waals surface area contributed by atoms with E-state index in [9.17, 15) is 19.5 Å². The fourth-order valence-corrected chi connectivity index (χ4v) is 8.22. The standard InChI is InChI=1S/C38H39N3O6/c1-3-37-20-21-38(47-37)32(31(37)34(43)39-27-16-18-29(19-17-27)46-4-2)36(45)41(30(23-42)25-11-6-5-7-12-25)33(38)35(44)40-28-15-14-24-10-8-9-13-26(24)22-28/h5-19,22,30-33,42H,3-4,20-21,23H2,1-2H3,(H,39,43)(H,40,44)/t30-,31-,32+,33?,37+,38?/m1/s1. The van der Waals surface area contributed by atoms with Crippen LogP contribution in [0.1, 0.15) is 44.7 Å². The average molecular weight is 634 g/mol. The second-order valence-electron chi connectivity index (χ2n) is 12.7. The number of fused-ring (bicyclic) bond motifs is 2. The quantitative estimate of drug-likeness (QED) is 0.206. The van der Waals surface area contributed by atoms with Gasteiger partial charge in [-0.15, -0.1) is 0 Å². The lowest BCUT2D eigenvalue weighted by atomic mass is 9.65. The fraction of sp³-hybridized carbons (Fsp3) is 0.342. The Labute approximate surface area is 273 Å². The van der Waals surface area contributed by atoms with Crippen LogP contribution in [0, 0.1) is 11.8 Å². The Bertz CT molecular complexity index is 1810. The van der Waals surface area contributed by atoms with E-state index >= 15 is 0 Å². The van der Waals surface area contributed by atoms with Gasteiger partial charge in [-0.3, -0.25) is 14.4 Å². The number of nitrogens with one attached hydrogen (secondary N) is 2. The van der Waals surface area contributed by atoms with Crippen LogP contribution in [0.25, 0.3) is 10.8 Å². The molecule has 0 radical (unpaired) electrons. The maximum absolute atomic E-state index is 14.8. The minimum atomic E-state index is -1.25. The van der Waals surface area contributed by atoms with Crippen molar-refractivity contribution >= 4 is 39.9 Å². The number of anilines is 2. The zero-order chi connectivity index (χ0) is 32.8. The van der Waals surface area contributed by atoms with E-state index in [0.29, 0.717) is 48.6 Å². The van der Waals surface area contributed by atoms with Crippen molar-refractivity contribution in [2.45, 2.75) is 56.4 Å². The first kappa shape index (κ1) is 30.9. The van der Waals surface area contributed by atoms with Crippen molar-refractivity contribution in [3.8, 4) is 5.75 Å². The van der Waals surface area contributed by atoms with E-state index in [4.69, 9.17) is 9.47 Å². The number of rotatable bonds is 10. The first-order valence-corrected chi connectivity index (χ1v) is 16.4. The molecule has 3 fully saturated rings. The summed E-state index contributed by atoms with van der Waals surface area (Å²) in [6.07, 6.45) is 1.46. The van der Waals surface area contributed by atoms with E-state index in [2.05, 4.69) is 10.6 Å². The summed E-state index contributed by atoms with van der Waals surface area (Å²) >= 11 is 0. The van der Waals surface area contributed by atoms with Crippen molar-refractivity contribution in [1.82, 2.24) is 4.90 Å². The first-order valence-electron chi connectivity index (χ1n) is 16.4. The highest BCUT2D eigenvalue weighted by Gasteiger charge is 2.79. The zero-order valence-electron chi connectivity index (χ0n) is 26.5. The monoisotopic (exact) mass is 633 g/mol. The van der Waals surface area contributed by atoms with Gasteiger partial charge in [0.05, 0.1) is 36.7 Å². The molecule has 9 nitrogen and oxygen atoms in total. The maximum atomic E-state index is 14.8. The second-order valence-corrected chi connectivity index (χ2v) is 12.7. The molecule has 3 heterocycles. The molecule has 3 saturated heterocycles. The molecule has 0 saturated carbocycles. The van der Waals surface area contributed by atoms with Crippen molar-refractivity contribution < 1.29 is 29.0 Å². The predicted molar refractivity (Wildman–Crippen MR) is 179 cm³/mol. The summed E-state index contributed by atoms with van der Waals surface area (Å²) in [4.78, 5) is 45.1. The summed E-state index contributed by atoms with van der Waals surface area (Å²) < 4.78 is 12.5. The molecule has 6 atom stereocenters. The molecule has 1 spiro atoms. The largest absolute Gasteiger partial charge is 0.494 e. The highest BCUT2D eigenvalue weighted by Crippen LogP contribution is 2.65. The summed E-state index contributed by atoms with van der Waals surface area (Å²) in [6.45, 7) is 3.99. The van der Waals surface area contributed by atoms with E-state index in [1.807, 2.05) is 86.6 Å².